The van der Waals surface area contributed by atoms with Gasteiger partial charge >= 0.3 is 0 Å². The van der Waals surface area contributed by atoms with E-state index in [0.29, 0.717) is 41.3 Å². The van der Waals surface area contributed by atoms with Gasteiger partial charge in [0.2, 0.25) is 5.91 Å². The number of thiazole rings is 1. The van der Waals surface area contributed by atoms with Gasteiger partial charge in [0.25, 0.3) is 11.8 Å². The molecule has 1 aromatic heterocycles. The van der Waals surface area contributed by atoms with E-state index in [1.165, 1.54) is 11.3 Å². The molecule has 0 atom stereocenters. The lowest BCUT2D eigenvalue weighted by Gasteiger charge is -2.15. The van der Waals surface area contributed by atoms with Crippen LogP contribution in [0.15, 0.2) is 23.7 Å². The number of nitrogens with one attached hydrogen (secondary N) is 2. The first kappa shape index (κ1) is 20.0. The summed E-state index contributed by atoms with van der Waals surface area (Å²) in [5.74, 6) is -0.227. The third-order valence-corrected chi connectivity index (χ3v) is 5.69. The Bertz CT molecular complexity index is 893. The van der Waals surface area contributed by atoms with Crippen LogP contribution in [0.1, 0.15) is 50.5 Å². The number of benzene rings is 1. The first-order chi connectivity index (χ1) is 13.5. The standard InChI is InChI=1S/C20H24N4O3S/c1-13-6-7-15(11-16(13)23-20(27)18-14(2)22-12-28-18)19(26)21-8-4-10-24-9-3-5-17(24)25/h6-7,11-12H,3-5,8-10H2,1-2H3,(H,21,26)(H,23,27). The molecule has 3 rings (SSSR count). The number of likely N-dealkylation sites (tertiary alicyclic amines) is 1. The summed E-state index contributed by atoms with van der Waals surface area (Å²) in [5, 5.41) is 5.74. The van der Waals surface area contributed by atoms with Gasteiger partial charge in [-0.3, -0.25) is 14.4 Å². The summed E-state index contributed by atoms with van der Waals surface area (Å²) < 4.78 is 0. The van der Waals surface area contributed by atoms with E-state index in [1.54, 1.807) is 24.6 Å². The average molecular weight is 401 g/mol. The molecule has 2 N–H and O–H groups in total. The minimum Gasteiger partial charge on any atom is -0.352 e. The van der Waals surface area contributed by atoms with E-state index in [-0.39, 0.29) is 17.7 Å². The highest BCUT2D eigenvalue weighted by Crippen LogP contribution is 2.20. The van der Waals surface area contributed by atoms with Gasteiger partial charge in [0, 0.05) is 37.3 Å². The summed E-state index contributed by atoms with van der Waals surface area (Å²) in [6.45, 7) is 5.65. The number of hydrogen-bond acceptors (Lipinski definition) is 5. The van der Waals surface area contributed by atoms with Crippen LogP contribution in [0.4, 0.5) is 5.69 Å². The zero-order valence-corrected chi connectivity index (χ0v) is 16.9. The SMILES string of the molecule is Cc1ccc(C(=O)NCCCN2CCCC2=O)cc1NC(=O)c1scnc1C. The molecule has 1 aliphatic heterocycles. The van der Waals surface area contributed by atoms with Crippen LogP contribution in [0.2, 0.25) is 0 Å². The normalized spacial score (nSPS) is 13.6. The molecule has 2 aromatic rings. The largest absolute Gasteiger partial charge is 0.352 e. The first-order valence-corrected chi connectivity index (χ1v) is 10.2. The van der Waals surface area contributed by atoms with E-state index in [4.69, 9.17) is 0 Å². The van der Waals surface area contributed by atoms with Crippen molar-refractivity contribution in [2.24, 2.45) is 0 Å². The fourth-order valence-corrected chi connectivity index (χ4v) is 3.81. The number of aryl methyl sites for hydroxylation is 2. The summed E-state index contributed by atoms with van der Waals surface area (Å²) in [6.07, 6.45) is 2.27. The molecule has 0 radical (unpaired) electrons. The van der Waals surface area contributed by atoms with Gasteiger partial charge in [-0.15, -0.1) is 11.3 Å². The van der Waals surface area contributed by atoms with Crippen molar-refractivity contribution in [3.05, 3.63) is 45.4 Å². The Hall–Kier alpha value is -2.74. The van der Waals surface area contributed by atoms with Gasteiger partial charge in [-0.25, -0.2) is 4.98 Å². The van der Waals surface area contributed by atoms with E-state index in [1.807, 2.05) is 17.9 Å². The zero-order chi connectivity index (χ0) is 20.1. The monoisotopic (exact) mass is 400 g/mol. The summed E-state index contributed by atoms with van der Waals surface area (Å²) in [4.78, 5) is 42.9. The fourth-order valence-electron chi connectivity index (χ4n) is 3.11. The van der Waals surface area contributed by atoms with Crippen LogP contribution in [0.25, 0.3) is 0 Å². The summed E-state index contributed by atoms with van der Waals surface area (Å²) in [7, 11) is 0. The second kappa shape index (κ2) is 8.97. The highest BCUT2D eigenvalue weighted by molar-refractivity contribution is 7.12. The van der Waals surface area contributed by atoms with Crippen LogP contribution in [0.3, 0.4) is 0 Å². The van der Waals surface area contributed by atoms with E-state index in [9.17, 15) is 14.4 Å². The molecule has 0 saturated carbocycles. The fraction of sp³-hybridized carbons (Fsp3) is 0.400. The molecule has 7 nitrogen and oxygen atoms in total. The molecule has 3 amide bonds. The first-order valence-electron chi connectivity index (χ1n) is 9.34. The lowest BCUT2D eigenvalue weighted by atomic mass is 10.1. The molecule has 2 heterocycles. The topological polar surface area (TPSA) is 91.4 Å². The third kappa shape index (κ3) is 4.75. The molecule has 1 saturated heterocycles. The quantitative estimate of drug-likeness (QED) is 0.699. The van der Waals surface area contributed by atoms with Crippen molar-refractivity contribution >= 4 is 34.7 Å². The zero-order valence-electron chi connectivity index (χ0n) is 16.1. The van der Waals surface area contributed by atoms with Crippen LogP contribution in [-0.2, 0) is 4.79 Å². The Labute approximate surface area is 168 Å². The molecule has 28 heavy (non-hydrogen) atoms. The summed E-state index contributed by atoms with van der Waals surface area (Å²) in [5.41, 5.74) is 4.29. The molecule has 0 unspecified atom stereocenters. The second-order valence-corrected chi connectivity index (χ2v) is 7.70. The average Bonchev–Trinajstić information content (AvgIpc) is 3.28. The lowest BCUT2D eigenvalue weighted by molar-refractivity contribution is -0.127. The van der Waals surface area contributed by atoms with E-state index in [2.05, 4.69) is 15.6 Å². The molecule has 1 aliphatic rings. The smallest absolute Gasteiger partial charge is 0.267 e. The number of aromatic nitrogens is 1. The number of nitrogens with zero attached hydrogens (tertiary/aromatic N) is 2. The van der Waals surface area contributed by atoms with Gasteiger partial charge in [-0.1, -0.05) is 6.07 Å². The predicted molar refractivity (Wildman–Crippen MR) is 109 cm³/mol. The molecule has 0 spiro atoms. The van der Waals surface area contributed by atoms with Crippen LogP contribution < -0.4 is 10.6 Å². The predicted octanol–water partition coefficient (Wildman–Crippen LogP) is 2.75. The number of amides is 3. The maximum Gasteiger partial charge on any atom is 0.267 e. The van der Waals surface area contributed by atoms with Gasteiger partial charge in [-0.2, -0.15) is 0 Å². The number of carbonyl (C=O) groups is 3. The highest BCUT2D eigenvalue weighted by atomic mass is 32.1. The van der Waals surface area contributed by atoms with Gasteiger partial charge in [0.05, 0.1) is 11.2 Å². The highest BCUT2D eigenvalue weighted by Gasteiger charge is 2.19. The molecule has 0 aliphatic carbocycles. The van der Waals surface area contributed by atoms with Crippen molar-refractivity contribution in [2.45, 2.75) is 33.1 Å². The summed E-state index contributed by atoms with van der Waals surface area (Å²) in [6, 6.07) is 5.23. The lowest BCUT2D eigenvalue weighted by Crippen LogP contribution is -2.30. The van der Waals surface area contributed by atoms with Crippen molar-refractivity contribution in [3.8, 4) is 0 Å². The van der Waals surface area contributed by atoms with Crippen LogP contribution in [0.5, 0.6) is 0 Å². The Morgan fingerprint density at radius 1 is 1.25 bits per heavy atom. The number of hydrogen-bond donors (Lipinski definition) is 2. The Morgan fingerprint density at radius 3 is 2.75 bits per heavy atom. The van der Waals surface area contributed by atoms with Crippen molar-refractivity contribution in [1.29, 1.82) is 0 Å². The van der Waals surface area contributed by atoms with Crippen LogP contribution in [0, 0.1) is 13.8 Å². The van der Waals surface area contributed by atoms with Crippen LogP contribution >= 0.6 is 11.3 Å². The molecule has 1 fully saturated rings. The van der Waals surface area contributed by atoms with E-state index in [0.717, 1.165) is 24.9 Å². The van der Waals surface area contributed by atoms with Crippen molar-refractivity contribution in [1.82, 2.24) is 15.2 Å². The second-order valence-electron chi connectivity index (χ2n) is 6.84. The number of rotatable bonds is 7. The van der Waals surface area contributed by atoms with Gasteiger partial charge in [-0.05, 0) is 44.4 Å². The Balaban J connectivity index is 1.56. The maximum atomic E-state index is 12.4. The van der Waals surface area contributed by atoms with E-state index < -0.39 is 0 Å². The number of carbonyl (C=O) groups excluding carboxylic acids is 3. The molecule has 148 valence electrons. The minimum atomic E-state index is -0.226. The number of anilines is 1. The van der Waals surface area contributed by atoms with Gasteiger partial charge < -0.3 is 15.5 Å². The summed E-state index contributed by atoms with van der Waals surface area (Å²) >= 11 is 1.29. The van der Waals surface area contributed by atoms with Crippen molar-refractivity contribution in [3.63, 3.8) is 0 Å². The molecular formula is C20H24N4O3S. The van der Waals surface area contributed by atoms with Gasteiger partial charge in [0.1, 0.15) is 4.88 Å². The molecule has 1 aromatic carbocycles. The van der Waals surface area contributed by atoms with Crippen molar-refractivity contribution in [2.75, 3.05) is 25.0 Å². The Morgan fingerprint density at radius 2 is 2.07 bits per heavy atom. The molecule has 8 heteroatoms. The van der Waals surface area contributed by atoms with E-state index >= 15 is 0 Å². The maximum absolute atomic E-state index is 12.4. The van der Waals surface area contributed by atoms with Crippen LogP contribution in [-0.4, -0.2) is 47.2 Å². The minimum absolute atomic E-state index is 0.196. The van der Waals surface area contributed by atoms with Gasteiger partial charge in [0.15, 0.2) is 0 Å². The van der Waals surface area contributed by atoms with Crippen molar-refractivity contribution < 1.29 is 14.4 Å². The Kier molecular flexibility index (Phi) is 6.41. The third-order valence-electron chi connectivity index (χ3n) is 4.76. The molecular weight excluding hydrogens is 376 g/mol. The molecule has 0 bridgehead atoms.